The molecule has 82 valence electrons. The van der Waals surface area contributed by atoms with Gasteiger partial charge in [0.15, 0.2) is 0 Å². The molecule has 0 saturated carbocycles. The third kappa shape index (κ3) is 3.38. The van der Waals surface area contributed by atoms with Crippen LogP contribution in [-0.2, 0) is 4.79 Å². The van der Waals surface area contributed by atoms with Crippen molar-refractivity contribution in [3.05, 3.63) is 0 Å². The fourth-order valence-electron chi connectivity index (χ4n) is 1.41. The monoisotopic (exact) mass is 229 g/mol. The number of carbonyl (C=O) groups is 1. The summed E-state index contributed by atoms with van der Waals surface area (Å²) in [6.45, 7) is 1.40. The van der Waals surface area contributed by atoms with E-state index in [4.69, 9.17) is 9.90 Å². The van der Waals surface area contributed by atoms with Gasteiger partial charge < -0.3 is 15.2 Å². The Hall–Kier alpha value is -0.430. The largest absolute Gasteiger partial charge is 0.542 e. The van der Waals surface area contributed by atoms with E-state index in [-0.39, 0.29) is 0 Å². The highest BCUT2D eigenvalue weighted by atomic mass is 32.2. The highest BCUT2D eigenvalue weighted by molar-refractivity contribution is 8.00. The van der Waals surface area contributed by atoms with Crippen LogP contribution in [0.15, 0.2) is 0 Å². The van der Waals surface area contributed by atoms with E-state index in [2.05, 4.69) is 17.1 Å². The van der Waals surface area contributed by atoms with Gasteiger partial charge in [0.25, 0.3) is 0 Å². The topological polar surface area (TPSA) is 56.7 Å². The molecule has 2 saturated heterocycles. The summed E-state index contributed by atoms with van der Waals surface area (Å²) in [5.74, 6) is -1.59. The number of fused-ring (bicyclic) bond motifs is 2. The first-order chi connectivity index (χ1) is 6.39. The van der Waals surface area contributed by atoms with Crippen LogP contribution in [0, 0.1) is 0 Å². The second-order valence-corrected chi connectivity index (χ2v) is 4.54. The van der Waals surface area contributed by atoms with Crippen LogP contribution in [0.4, 0.5) is 13.2 Å². The Kier molecular flexibility index (Phi) is 3.65. The van der Waals surface area contributed by atoms with Gasteiger partial charge in [-0.15, -0.1) is 11.8 Å². The molecule has 2 aliphatic rings. The molecule has 2 atom stereocenters. The van der Waals surface area contributed by atoms with Crippen LogP contribution in [0.2, 0.25) is 0 Å². The first kappa shape index (κ1) is 11.6. The van der Waals surface area contributed by atoms with Crippen molar-refractivity contribution in [2.75, 3.05) is 12.3 Å². The van der Waals surface area contributed by atoms with Crippen LogP contribution in [0.1, 0.15) is 6.42 Å². The lowest BCUT2D eigenvalue weighted by Gasteiger charge is -2.04. The molecule has 0 aromatic rings. The van der Waals surface area contributed by atoms with Crippen molar-refractivity contribution < 1.29 is 28.4 Å². The van der Waals surface area contributed by atoms with Crippen molar-refractivity contribution in [3.8, 4) is 0 Å². The number of carboxylic acids is 1. The lowest BCUT2D eigenvalue weighted by atomic mass is 10.3. The van der Waals surface area contributed by atoms with E-state index in [1.807, 2.05) is 0 Å². The lowest BCUT2D eigenvalue weighted by molar-refractivity contribution is -0.666. The summed E-state index contributed by atoms with van der Waals surface area (Å²) in [6, 6.07) is 1.01. The second kappa shape index (κ2) is 4.39. The number of aliphatic carboxylic acids is 1. The summed E-state index contributed by atoms with van der Waals surface area (Å²) < 4.78 is 31.5. The Balaban J connectivity index is 0.000000140. The number of halogens is 3. The molecule has 2 fully saturated rings. The molecular formula is C7H10F3NO2S. The summed E-state index contributed by atoms with van der Waals surface area (Å²) in [7, 11) is 0. The lowest BCUT2D eigenvalue weighted by Crippen LogP contribution is -2.88. The van der Waals surface area contributed by atoms with Crippen molar-refractivity contribution in [2.45, 2.75) is 23.9 Å². The number of nitrogens with two attached hydrogens (primary N) is 1. The molecule has 0 spiro atoms. The molecule has 2 N–H and O–H groups in total. The molecular weight excluding hydrogens is 219 g/mol. The molecule has 2 aliphatic heterocycles. The SMILES string of the molecule is C1S[C@@H]2C[NH2+][C@H]1C2.O=C([O-])C(F)(F)F. The zero-order chi connectivity index (χ0) is 10.8. The molecule has 14 heavy (non-hydrogen) atoms. The molecule has 7 heteroatoms. The molecule has 0 aromatic carbocycles. The van der Waals surface area contributed by atoms with E-state index in [1.54, 1.807) is 0 Å². The minimum atomic E-state index is -5.19. The number of quaternary nitrogens is 1. The van der Waals surface area contributed by atoms with E-state index in [0.717, 1.165) is 11.3 Å². The first-order valence-corrected chi connectivity index (χ1v) is 5.17. The number of hydrogen-bond donors (Lipinski definition) is 1. The molecule has 2 bridgehead atoms. The van der Waals surface area contributed by atoms with Crippen LogP contribution in [0.3, 0.4) is 0 Å². The Bertz CT molecular complexity index is 203. The number of carboxylic acid groups (broad SMARTS) is 1. The Morgan fingerprint density at radius 2 is 2.07 bits per heavy atom. The third-order valence-electron chi connectivity index (χ3n) is 2.08. The fraction of sp³-hybridized carbons (Fsp3) is 0.857. The summed E-state index contributed by atoms with van der Waals surface area (Å²) >= 11 is 2.16. The van der Waals surface area contributed by atoms with Gasteiger partial charge >= 0.3 is 6.18 Å². The highest BCUT2D eigenvalue weighted by Gasteiger charge is 2.35. The smallest absolute Gasteiger partial charge is 0.430 e. The van der Waals surface area contributed by atoms with Gasteiger partial charge in [0.2, 0.25) is 0 Å². The molecule has 2 heterocycles. The van der Waals surface area contributed by atoms with Crippen LogP contribution in [-0.4, -0.2) is 35.7 Å². The van der Waals surface area contributed by atoms with Crippen molar-refractivity contribution in [1.82, 2.24) is 0 Å². The predicted octanol–water partition coefficient (Wildman–Crippen LogP) is -1.26. The molecule has 0 unspecified atom stereocenters. The van der Waals surface area contributed by atoms with Gasteiger partial charge in [0.05, 0.1) is 17.8 Å². The average Bonchev–Trinajstić information content (AvgIpc) is 2.65. The molecule has 0 aliphatic carbocycles. The van der Waals surface area contributed by atoms with Gasteiger partial charge in [-0.25, -0.2) is 0 Å². The van der Waals surface area contributed by atoms with Crippen LogP contribution in [0.25, 0.3) is 0 Å². The summed E-state index contributed by atoms with van der Waals surface area (Å²) in [4.78, 5) is 8.78. The molecule has 0 radical (unpaired) electrons. The maximum Gasteiger partial charge on any atom is 0.430 e. The summed E-state index contributed by atoms with van der Waals surface area (Å²) in [5, 5.41) is 12.3. The average molecular weight is 229 g/mol. The van der Waals surface area contributed by atoms with Crippen molar-refractivity contribution in [1.29, 1.82) is 0 Å². The number of alkyl halides is 3. The van der Waals surface area contributed by atoms with Gasteiger partial charge in [-0.1, -0.05) is 0 Å². The minimum absolute atomic E-state index is 1.01. The van der Waals surface area contributed by atoms with Crippen molar-refractivity contribution in [3.63, 3.8) is 0 Å². The third-order valence-corrected chi connectivity index (χ3v) is 3.55. The van der Waals surface area contributed by atoms with Gasteiger partial charge in [0, 0.05) is 12.2 Å². The second-order valence-electron chi connectivity index (χ2n) is 3.21. The van der Waals surface area contributed by atoms with Crippen LogP contribution in [0.5, 0.6) is 0 Å². The van der Waals surface area contributed by atoms with E-state index in [1.165, 1.54) is 18.7 Å². The quantitative estimate of drug-likeness (QED) is 0.564. The maximum absolute atomic E-state index is 10.5. The predicted molar refractivity (Wildman–Crippen MR) is 42.5 cm³/mol. The zero-order valence-corrected chi connectivity index (χ0v) is 8.03. The normalized spacial score (nSPS) is 29.6. The van der Waals surface area contributed by atoms with Gasteiger partial charge in [-0.2, -0.15) is 13.2 Å². The number of carbonyl (C=O) groups excluding carboxylic acids is 1. The zero-order valence-electron chi connectivity index (χ0n) is 7.21. The molecule has 0 amide bonds. The van der Waals surface area contributed by atoms with Crippen LogP contribution < -0.4 is 10.4 Å². The Labute approximate surface area is 83.0 Å². The number of rotatable bonds is 0. The standard InChI is InChI=1S/C5H9NS.C2HF3O2/c1-4-3-7-5(1)2-6-4;3-2(4,5)1(6)7/h4-6H,1-3H2;(H,6,7)/t4-,5-;/m0./s1. The van der Waals surface area contributed by atoms with Crippen molar-refractivity contribution in [2.24, 2.45) is 0 Å². The van der Waals surface area contributed by atoms with E-state index in [9.17, 15) is 13.2 Å². The van der Waals surface area contributed by atoms with E-state index in [0.29, 0.717) is 0 Å². The highest BCUT2D eigenvalue weighted by Crippen LogP contribution is 2.26. The maximum atomic E-state index is 10.5. The Morgan fingerprint density at radius 3 is 2.14 bits per heavy atom. The molecule has 3 nitrogen and oxygen atoms in total. The fourth-order valence-corrected chi connectivity index (χ4v) is 2.83. The minimum Gasteiger partial charge on any atom is -0.542 e. The van der Waals surface area contributed by atoms with E-state index >= 15 is 0 Å². The molecule has 0 aromatic heterocycles. The van der Waals surface area contributed by atoms with Gasteiger partial charge in [-0.3, -0.25) is 0 Å². The number of hydrogen-bond acceptors (Lipinski definition) is 3. The van der Waals surface area contributed by atoms with Gasteiger partial charge in [-0.05, 0) is 0 Å². The first-order valence-electron chi connectivity index (χ1n) is 4.12. The molecule has 2 rings (SSSR count). The van der Waals surface area contributed by atoms with E-state index < -0.39 is 12.1 Å². The summed E-state index contributed by atoms with van der Waals surface area (Å²) in [6.07, 6.45) is -3.70. The summed E-state index contributed by atoms with van der Waals surface area (Å²) in [5.41, 5.74) is 0. The van der Waals surface area contributed by atoms with Gasteiger partial charge in [0.1, 0.15) is 5.97 Å². The van der Waals surface area contributed by atoms with Crippen LogP contribution >= 0.6 is 11.8 Å². The number of thioether (sulfide) groups is 1. The van der Waals surface area contributed by atoms with Crippen molar-refractivity contribution >= 4 is 17.7 Å². The Morgan fingerprint density at radius 1 is 1.50 bits per heavy atom.